The topological polar surface area (TPSA) is 74.8 Å². The quantitative estimate of drug-likeness (QED) is 0.736. The van der Waals surface area contributed by atoms with Crippen molar-refractivity contribution in [2.75, 3.05) is 0 Å². The Morgan fingerprint density at radius 3 is 2.74 bits per heavy atom. The molecule has 0 spiro atoms. The molecule has 3 aromatic rings. The van der Waals surface area contributed by atoms with Crippen molar-refractivity contribution in [1.29, 1.82) is 0 Å². The third kappa shape index (κ3) is 1.81. The molecule has 1 aromatic carbocycles. The maximum Gasteiger partial charge on any atom is 0.336 e. The standard InChI is InChI=1S/C14H10N2O3/c17-10-6-5-9-7-15-13(16(9)8-10)11-3-1-2-4-12(11)14(18)19/h1-8,17H,(H,18,19). The molecular formula is C14H10N2O3. The van der Waals surface area contributed by atoms with Gasteiger partial charge in [0.25, 0.3) is 0 Å². The van der Waals surface area contributed by atoms with Crippen LogP contribution >= 0.6 is 0 Å². The molecule has 0 saturated carbocycles. The zero-order chi connectivity index (χ0) is 13.4. The van der Waals surface area contributed by atoms with Crippen molar-refractivity contribution in [3.63, 3.8) is 0 Å². The third-order valence-corrected chi connectivity index (χ3v) is 2.91. The summed E-state index contributed by atoms with van der Waals surface area (Å²) in [4.78, 5) is 15.5. The molecule has 0 saturated heterocycles. The van der Waals surface area contributed by atoms with E-state index in [4.69, 9.17) is 0 Å². The van der Waals surface area contributed by atoms with Gasteiger partial charge in [-0.1, -0.05) is 18.2 Å². The first-order chi connectivity index (χ1) is 9.16. The summed E-state index contributed by atoms with van der Waals surface area (Å²) in [6, 6.07) is 9.93. The lowest BCUT2D eigenvalue weighted by atomic mass is 10.1. The van der Waals surface area contributed by atoms with Crippen molar-refractivity contribution in [1.82, 2.24) is 9.38 Å². The minimum atomic E-state index is -1.01. The molecule has 2 N–H and O–H groups in total. The summed E-state index contributed by atoms with van der Waals surface area (Å²) in [6.45, 7) is 0. The number of pyridine rings is 1. The van der Waals surface area contributed by atoms with Gasteiger partial charge in [0, 0.05) is 5.56 Å². The molecule has 0 amide bonds. The largest absolute Gasteiger partial charge is 0.506 e. The number of imidazole rings is 1. The average molecular weight is 254 g/mol. The first-order valence-electron chi connectivity index (χ1n) is 5.65. The van der Waals surface area contributed by atoms with Crippen LogP contribution in [0.1, 0.15) is 10.4 Å². The number of carboxylic acids is 1. The third-order valence-electron chi connectivity index (χ3n) is 2.91. The lowest BCUT2D eigenvalue weighted by Gasteiger charge is -2.05. The Morgan fingerprint density at radius 2 is 1.95 bits per heavy atom. The highest BCUT2D eigenvalue weighted by Crippen LogP contribution is 2.25. The normalized spacial score (nSPS) is 10.7. The molecule has 5 nitrogen and oxygen atoms in total. The van der Waals surface area contributed by atoms with E-state index in [-0.39, 0.29) is 11.3 Å². The van der Waals surface area contributed by atoms with Crippen LogP contribution in [0.2, 0.25) is 0 Å². The first kappa shape index (κ1) is 11.3. The molecule has 0 aliphatic carbocycles. The number of fused-ring (bicyclic) bond motifs is 1. The van der Waals surface area contributed by atoms with Crippen molar-refractivity contribution >= 4 is 11.5 Å². The molecule has 5 heteroatoms. The fraction of sp³-hybridized carbons (Fsp3) is 0. The summed E-state index contributed by atoms with van der Waals surface area (Å²) < 4.78 is 1.66. The van der Waals surface area contributed by atoms with Crippen LogP contribution in [0.4, 0.5) is 0 Å². The smallest absolute Gasteiger partial charge is 0.336 e. The Labute approximate surface area is 108 Å². The molecule has 2 heterocycles. The zero-order valence-corrected chi connectivity index (χ0v) is 9.82. The van der Waals surface area contributed by atoms with E-state index in [2.05, 4.69) is 4.98 Å². The highest BCUT2D eigenvalue weighted by atomic mass is 16.4. The van der Waals surface area contributed by atoms with Crippen LogP contribution in [0.5, 0.6) is 5.75 Å². The molecule has 19 heavy (non-hydrogen) atoms. The molecule has 2 aromatic heterocycles. The Hall–Kier alpha value is -2.82. The van der Waals surface area contributed by atoms with Crippen molar-refractivity contribution in [3.05, 3.63) is 54.4 Å². The van der Waals surface area contributed by atoms with Gasteiger partial charge in [0.15, 0.2) is 0 Å². The van der Waals surface area contributed by atoms with Crippen molar-refractivity contribution in [2.45, 2.75) is 0 Å². The molecule has 3 rings (SSSR count). The maximum atomic E-state index is 11.2. The number of carbonyl (C=O) groups is 1. The van der Waals surface area contributed by atoms with Crippen molar-refractivity contribution < 1.29 is 15.0 Å². The van der Waals surface area contributed by atoms with Gasteiger partial charge in [0.1, 0.15) is 11.6 Å². The lowest BCUT2D eigenvalue weighted by molar-refractivity contribution is 0.0697. The van der Waals surface area contributed by atoms with Gasteiger partial charge < -0.3 is 10.2 Å². The molecule has 0 bridgehead atoms. The van der Waals surface area contributed by atoms with Crippen LogP contribution in [-0.4, -0.2) is 25.6 Å². The van der Waals surface area contributed by atoms with E-state index in [1.807, 2.05) is 0 Å². The Bertz CT molecular complexity index is 777. The van der Waals surface area contributed by atoms with E-state index in [1.165, 1.54) is 12.3 Å². The van der Waals surface area contributed by atoms with E-state index >= 15 is 0 Å². The molecule has 0 radical (unpaired) electrons. The second-order valence-corrected chi connectivity index (χ2v) is 4.11. The van der Waals surface area contributed by atoms with Gasteiger partial charge >= 0.3 is 5.97 Å². The van der Waals surface area contributed by atoms with Crippen LogP contribution in [-0.2, 0) is 0 Å². The number of rotatable bonds is 2. The predicted molar refractivity (Wildman–Crippen MR) is 69.3 cm³/mol. The van der Waals surface area contributed by atoms with Gasteiger partial charge in [0.05, 0.1) is 23.5 Å². The van der Waals surface area contributed by atoms with Gasteiger partial charge in [0.2, 0.25) is 0 Å². The van der Waals surface area contributed by atoms with E-state index in [9.17, 15) is 15.0 Å². The van der Waals surface area contributed by atoms with E-state index < -0.39 is 5.97 Å². The van der Waals surface area contributed by atoms with Crippen molar-refractivity contribution in [2.24, 2.45) is 0 Å². The van der Waals surface area contributed by atoms with Crippen LogP contribution < -0.4 is 0 Å². The molecule has 0 atom stereocenters. The minimum absolute atomic E-state index is 0.0968. The monoisotopic (exact) mass is 254 g/mol. The molecular weight excluding hydrogens is 244 g/mol. The molecule has 0 fully saturated rings. The number of aromatic nitrogens is 2. The number of aromatic hydroxyl groups is 1. The number of nitrogens with zero attached hydrogens (tertiary/aromatic N) is 2. The summed E-state index contributed by atoms with van der Waals surface area (Å²) in [6.07, 6.45) is 3.14. The van der Waals surface area contributed by atoms with Gasteiger partial charge in [-0.15, -0.1) is 0 Å². The number of hydrogen-bond acceptors (Lipinski definition) is 3. The molecule has 0 unspecified atom stereocenters. The van der Waals surface area contributed by atoms with E-state index in [0.29, 0.717) is 11.4 Å². The fourth-order valence-corrected chi connectivity index (χ4v) is 2.04. The van der Waals surface area contributed by atoms with Crippen molar-refractivity contribution in [3.8, 4) is 17.1 Å². The predicted octanol–water partition coefficient (Wildman–Crippen LogP) is 2.41. The summed E-state index contributed by atoms with van der Waals surface area (Å²) in [5.41, 5.74) is 1.48. The highest BCUT2D eigenvalue weighted by molar-refractivity contribution is 5.95. The molecule has 0 aliphatic rings. The number of carboxylic acid groups (broad SMARTS) is 1. The second-order valence-electron chi connectivity index (χ2n) is 4.11. The lowest BCUT2D eigenvalue weighted by Crippen LogP contribution is -2.01. The van der Waals surface area contributed by atoms with Gasteiger partial charge in [-0.05, 0) is 18.2 Å². The number of hydrogen-bond donors (Lipinski definition) is 2. The van der Waals surface area contributed by atoms with Crippen LogP contribution in [0, 0.1) is 0 Å². The summed E-state index contributed by atoms with van der Waals surface area (Å²) in [5.74, 6) is -0.420. The SMILES string of the molecule is O=C(O)c1ccccc1-c1ncc2ccc(O)cn12. The summed E-state index contributed by atoms with van der Waals surface area (Å²) >= 11 is 0. The first-order valence-corrected chi connectivity index (χ1v) is 5.65. The number of aromatic carboxylic acids is 1. The van der Waals surface area contributed by atoms with Crippen LogP contribution in [0.3, 0.4) is 0 Å². The van der Waals surface area contributed by atoms with Gasteiger partial charge in [-0.2, -0.15) is 0 Å². The van der Waals surface area contributed by atoms with Crippen LogP contribution in [0.25, 0.3) is 16.9 Å². The fourth-order valence-electron chi connectivity index (χ4n) is 2.04. The van der Waals surface area contributed by atoms with Gasteiger partial charge in [-0.25, -0.2) is 9.78 Å². The van der Waals surface area contributed by atoms with Gasteiger partial charge in [-0.3, -0.25) is 4.40 Å². The zero-order valence-electron chi connectivity index (χ0n) is 9.82. The van der Waals surface area contributed by atoms with E-state index in [0.717, 1.165) is 5.52 Å². The van der Waals surface area contributed by atoms with E-state index in [1.54, 1.807) is 40.9 Å². The molecule has 94 valence electrons. The Kier molecular flexibility index (Phi) is 2.45. The second kappa shape index (κ2) is 4.13. The average Bonchev–Trinajstić information content (AvgIpc) is 2.81. The Morgan fingerprint density at radius 1 is 1.16 bits per heavy atom. The highest BCUT2D eigenvalue weighted by Gasteiger charge is 2.15. The maximum absolute atomic E-state index is 11.2. The number of benzene rings is 1. The molecule has 0 aliphatic heterocycles. The van der Waals surface area contributed by atoms with Crippen LogP contribution in [0.15, 0.2) is 48.8 Å². The summed E-state index contributed by atoms with van der Waals surface area (Å²) in [5, 5.41) is 18.7. The summed E-state index contributed by atoms with van der Waals surface area (Å²) in [7, 11) is 0. The Balaban J connectivity index is 2.31. The minimum Gasteiger partial charge on any atom is -0.506 e.